The maximum atomic E-state index is 4.78. The van der Waals surface area contributed by atoms with E-state index in [0.29, 0.717) is 18.4 Å². The highest BCUT2D eigenvalue weighted by Crippen LogP contribution is 2.39. The summed E-state index contributed by atoms with van der Waals surface area (Å²) < 4.78 is 1.91. The lowest BCUT2D eigenvalue weighted by atomic mass is 10.0. The van der Waals surface area contributed by atoms with Crippen molar-refractivity contribution in [2.75, 3.05) is 17.2 Å². The lowest BCUT2D eigenvalue weighted by molar-refractivity contribution is 0.518. The largest absolute Gasteiger partial charge is 0.376 e. The van der Waals surface area contributed by atoms with Gasteiger partial charge in [0.25, 0.3) is 0 Å². The molecule has 7 heteroatoms. The van der Waals surface area contributed by atoms with E-state index in [9.17, 15) is 0 Å². The number of hydrogen-bond acceptors (Lipinski definition) is 6. The second kappa shape index (κ2) is 7.90. The van der Waals surface area contributed by atoms with Gasteiger partial charge in [-0.25, -0.2) is 0 Å². The molecule has 1 saturated carbocycles. The van der Waals surface area contributed by atoms with Crippen molar-refractivity contribution in [3.05, 3.63) is 42.0 Å². The van der Waals surface area contributed by atoms with Crippen LogP contribution in [0.1, 0.15) is 57.0 Å². The second-order valence-corrected chi connectivity index (χ2v) is 7.25. The number of rotatable bonds is 9. The number of nitrogens with zero attached hydrogens (tertiary/aromatic N) is 5. The maximum absolute atomic E-state index is 4.78. The summed E-state index contributed by atoms with van der Waals surface area (Å²) in [6.07, 6.45) is 6.48. The van der Waals surface area contributed by atoms with E-state index in [1.165, 1.54) is 12.8 Å². The lowest BCUT2D eigenvalue weighted by Crippen LogP contribution is -2.15. The summed E-state index contributed by atoms with van der Waals surface area (Å²) in [5.41, 5.74) is 2.70. The van der Waals surface area contributed by atoms with Gasteiger partial charge in [0.15, 0.2) is 5.82 Å². The van der Waals surface area contributed by atoms with E-state index in [1.54, 1.807) is 0 Å². The van der Waals surface area contributed by atoms with E-state index < -0.39 is 0 Å². The van der Waals surface area contributed by atoms with Gasteiger partial charge in [-0.3, -0.25) is 4.98 Å². The summed E-state index contributed by atoms with van der Waals surface area (Å²) in [6.45, 7) is 6.03. The molecule has 0 aromatic carbocycles. The minimum absolute atomic E-state index is 0.491. The Hall–Kier alpha value is -2.70. The molecule has 1 aliphatic carbocycles. The highest BCUT2D eigenvalue weighted by molar-refractivity contribution is 5.70. The molecule has 3 aromatic heterocycles. The number of fused-ring (bicyclic) bond motifs is 1. The summed E-state index contributed by atoms with van der Waals surface area (Å²) in [6, 6.07) is 7.97. The Morgan fingerprint density at radius 3 is 2.70 bits per heavy atom. The molecule has 7 nitrogen and oxygen atoms in total. The number of nitrogens with one attached hydrogen (secondary N) is 2. The number of aromatic nitrogens is 5. The number of anilines is 2. The molecule has 1 fully saturated rings. The normalized spacial score (nSPS) is 14.0. The molecule has 0 amide bonds. The van der Waals surface area contributed by atoms with Gasteiger partial charge in [-0.2, -0.15) is 4.52 Å². The smallest absolute Gasteiger partial charge is 0.201 e. The summed E-state index contributed by atoms with van der Waals surface area (Å²) in [7, 11) is 0. The van der Waals surface area contributed by atoms with E-state index in [0.717, 1.165) is 48.1 Å². The first-order valence-electron chi connectivity index (χ1n) is 9.92. The van der Waals surface area contributed by atoms with Crippen molar-refractivity contribution >= 4 is 17.2 Å². The van der Waals surface area contributed by atoms with E-state index in [4.69, 9.17) is 5.10 Å². The van der Waals surface area contributed by atoms with Crippen LogP contribution in [0.5, 0.6) is 0 Å². The van der Waals surface area contributed by atoms with E-state index in [2.05, 4.69) is 39.7 Å². The van der Waals surface area contributed by atoms with Gasteiger partial charge in [0.1, 0.15) is 5.82 Å². The summed E-state index contributed by atoms with van der Waals surface area (Å²) in [5, 5.41) is 20.6. The van der Waals surface area contributed by atoms with E-state index in [1.807, 2.05) is 35.0 Å². The van der Waals surface area contributed by atoms with Crippen molar-refractivity contribution in [3.63, 3.8) is 0 Å². The quantitative estimate of drug-likeness (QED) is 0.599. The van der Waals surface area contributed by atoms with Gasteiger partial charge in [0.2, 0.25) is 5.65 Å². The van der Waals surface area contributed by atoms with Gasteiger partial charge < -0.3 is 10.6 Å². The molecule has 4 rings (SSSR count). The molecule has 0 radical (unpaired) electrons. The van der Waals surface area contributed by atoms with Crippen LogP contribution in [0.15, 0.2) is 30.5 Å². The molecule has 3 heterocycles. The Morgan fingerprint density at radius 1 is 1.15 bits per heavy atom. The van der Waals surface area contributed by atoms with Crippen LogP contribution in [0.4, 0.5) is 11.5 Å². The highest BCUT2D eigenvalue weighted by Gasteiger charge is 2.30. The van der Waals surface area contributed by atoms with Crippen molar-refractivity contribution in [2.24, 2.45) is 5.92 Å². The summed E-state index contributed by atoms with van der Waals surface area (Å²) in [5.74, 6) is 2.97. The summed E-state index contributed by atoms with van der Waals surface area (Å²) >= 11 is 0. The third-order valence-electron chi connectivity index (χ3n) is 5.25. The third kappa shape index (κ3) is 4.02. The number of hydrogen-bond donors (Lipinski definition) is 2. The molecule has 3 aromatic rings. The first kappa shape index (κ1) is 17.7. The predicted molar refractivity (Wildman–Crippen MR) is 107 cm³/mol. The van der Waals surface area contributed by atoms with Gasteiger partial charge >= 0.3 is 0 Å². The lowest BCUT2D eigenvalue weighted by Gasteiger charge is -2.15. The molecule has 27 heavy (non-hydrogen) atoms. The van der Waals surface area contributed by atoms with E-state index >= 15 is 0 Å². The third-order valence-corrected chi connectivity index (χ3v) is 5.25. The molecule has 0 aliphatic heterocycles. The maximum Gasteiger partial charge on any atom is 0.201 e. The van der Waals surface area contributed by atoms with Crippen molar-refractivity contribution in [1.29, 1.82) is 0 Å². The van der Waals surface area contributed by atoms with Crippen LogP contribution in [0.2, 0.25) is 0 Å². The van der Waals surface area contributed by atoms with Gasteiger partial charge in [0, 0.05) is 24.7 Å². The second-order valence-electron chi connectivity index (χ2n) is 7.25. The fourth-order valence-corrected chi connectivity index (χ4v) is 3.22. The molecule has 1 aliphatic rings. The van der Waals surface area contributed by atoms with Gasteiger partial charge in [-0.15, -0.1) is 15.3 Å². The highest BCUT2D eigenvalue weighted by atomic mass is 15.4. The van der Waals surface area contributed by atoms with Crippen LogP contribution in [0.25, 0.3) is 5.65 Å². The Bertz CT molecular complexity index is 882. The number of pyridine rings is 1. The van der Waals surface area contributed by atoms with Crippen LogP contribution >= 0.6 is 0 Å². The molecular formula is C20H27N7. The van der Waals surface area contributed by atoms with Gasteiger partial charge in [0.05, 0.1) is 17.9 Å². The average molecular weight is 365 g/mol. The fraction of sp³-hybridized carbons (Fsp3) is 0.500. The Morgan fingerprint density at radius 2 is 2.00 bits per heavy atom. The summed E-state index contributed by atoms with van der Waals surface area (Å²) in [4.78, 5) is 4.38. The average Bonchev–Trinajstić information content (AvgIpc) is 3.47. The van der Waals surface area contributed by atoms with Crippen LogP contribution in [0.3, 0.4) is 0 Å². The minimum atomic E-state index is 0.491. The first-order chi connectivity index (χ1) is 13.3. The SMILES string of the molecule is CCC(CC)CNc1cc(NCc2ccccn2)c2nnc(C3CC3)n2n1. The molecule has 0 atom stereocenters. The molecule has 142 valence electrons. The minimum Gasteiger partial charge on any atom is -0.376 e. The van der Waals surface area contributed by atoms with Crippen molar-refractivity contribution in [1.82, 2.24) is 24.8 Å². The molecule has 0 spiro atoms. The van der Waals surface area contributed by atoms with Crippen molar-refractivity contribution in [2.45, 2.75) is 52.0 Å². The molecular weight excluding hydrogens is 338 g/mol. The van der Waals surface area contributed by atoms with Crippen LogP contribution in [0, 0.1) is 5.92 Å². The van der Waals surface area contributed by atoms with Crippen LogP contribution < -0.4 is 10.6 Å². The standard InChI is InChI=1S/C20H27N7/c1-3-14(4-2)12-23-18-11-17(22-13-16-7-5-6-10-21-16)20-25-24-19(15-8-9-15)27(20)26-18/h5-7,10-11,14-15,22H,3-4,8-9,12-13H2,1-2H3,(H,23,26). The zero-order chi connectivity index (χ0) is 18.6. The monoisotopic (exact) mass is 365 g/mol. The van der Waals surface area contributed by atoms with Crippen LogP contribution in [-0.4, -0.2) is 31.3 Å². The Kier molecular flexibility index (Phi) is 5.18. The molecule has 0 unspecified atom stereocenters. The molecule has 2 N–H and O–H groups in total. The molecule has 0 bridgehead atoms. The Labute approximate surface area is 159 Å². The van der Waals surface area contributed by atoms with Crippen molar-refractivity contribution < 1.29 is 0 Å². The zero-order valence-corrected chi connectivity index (χ0v) is 16.0. The van der Waals surface area contributed by atoms with Crippen molar-refractivity contribution in [3.8, 4) is 0 Å². The zero-order valence-electron chi connectivity index (χ0n) is 16.0. The first-order valence-corrected chi connectivity index (χ1v) is 9.92. The van der Waals surface area contributed by atoms with Gasteiger partial charge in [-0.1, -0.05) is 32.8 Å². The van der Waals surface area contributed by atoms with Crippen LogP contribution in [-0.2, 0) is 6.54 Å². The molecule has 0 saturated heterocycles. The fourth-order valence-electron chi connectivity index (χ4n) is 3.22. The topological polar surface area (TPSA) is 80.0 Å². The Balaban J connectivity index is 1.61. The van der Waals surface area contributed by atoms with E-state index in [-0.39, 0.29) is 0 Å². The van der Waals surface area contributed by atoms with Gasteiger partial charge in [-0.05, 0) is 30.9 Å². The predicted octanol–water partition coefficient (Wildman–Crippen LogP) is 3.86.